The maximum Gasteiger partial charge on any atom is 0.171 e. The van der Waals surface area contributed by atoms with Crippen LogP contribution < -0.4 is 5.32 Å². The van der Waals surface area contributed by atoms with Gasteiger partial charge in [0.05, 0.1) is 16.4 Å². The molecule has 1 N–H and O–H groups in total. The number of rotatable bonds is 0. The topological polar surface area (TPSA) is 42.2 Å². The molecule has 0 spiro atoms. The molecule has 3 heterocycles. The number of hydrogen-bond donors (Lipinski definition) is 1. The molecule has 6 heteroatoms. The molecule has 90 valence electrons. The van der Waals surface area contributed by atoms with E-state index < -0.39 is 0 Å². The standard InChI is InChI=1S/C11H12BrClN4/c1-6-4-14-3-2-7-9(6)16-11-8(12)5-15-17(11)10(7)13/h5-6,14H,2-4H2,1H3. The van der Waals surface area contributed by atoms with Crippen LogP contribution in [0.15, 0.2) is 10.7 Å². The predicted octanol–water partition coefficient (Wildman–Crippen LogP) is 2.39. The second-order valence-corrected chi connectivity index (χ2v) is 5.56. The first-order chi connectivity index (χ1) is 8.18. The van der Waals surface area contributed by atoms with Crippen molar-refractivity contribution in [1.29, 1.82) is 0 Å². The summed E-state index contributed by atoms with van der Waals surface area (Å²) in [5.74, 6) is 0.372. The number of hydrogen-bond acceptors (Lipinski definition) is 3. The molecule has 0 amide bonds. The molecule has 1 aliphatic heterocycles. The number of aromatic nitrogens is 3. The van der Waals surface area contributed by atoms with Gasteiger partial charge in [-0.1, -0.05) is 18.5 Å². The van der Waals surface area contributed by atoms with Gasteiger partial charge in [0.2, 0.25) is 0 Å². The third kappa shape index (κ3) is 1.77. The molecule has 0 aromatic carbocycles. The quantitative estimate of drug-likeness (QED) is 0.759. The van der Waals surface area contributed by atoms with Gasteiger partial charge in [0.25, 0.3) is 0 Å². The van der Waals surface area contributed by atoms with Gasteiger partial charge in [0.15, 0.2) is 5.65 Å². The highest BCUT2D eigenvalue weighted by Gasteiger charge is 2.22. The summed E-state index contributed by atoms with van der Waals surface area (Å²) in [6.07, 6.45) is 2.63. The zero-order valence-corrected chi connectivity index (χ0v) is 11.7. The van der Waals surface area contributed by atoms with Crippen LogP contribution in [0.5, 0.6) is 0 Å². The molecule has 2 aromatic rings. The van der Waals surface area contributed by atoms with E-state index in [1.165, 1.54) is 0 Å². The maximum atomic E-state index is 6.42. The van der Waals surface area contributed by atoms with Gasteiger partial charge in [0.1, 0.15) is 5.15 Å². The third-order valence-corrected chi connectivity index (χ3v) is 4.09. The molecule has 0 radical (unpaired) electrons. The van der Waals surface area contributed by atoms with Crippen LogP contribution in [0.25, 0.3) is 5.65 Å². The highest BCUT2D eigenvalue weighted by molar-refractivity contribution is 9.10. The molecule has 1 aliphatic rings. The van der Waals surface area contributed by atoms with E-state index >= 15 is 0 Å². The van der Waals surface area contributed by atoms with Crippen molar-refractivity contribution < 1.29 is 0 Å². The Bertz CT molecular complexity index is 580. The molecule has 0 saturated carbocycles. The zero-order chi connectivity index (χ0) is 12.0. The summed E-state index contributed by atoms with van der Waals surface area (Å²) in [6, 6.07) is 0. The van der Waals surface area contributed by atoms with Gasteiger partial charge in [-0.2, -0.15) is 5.10 Å². The normalized spacial score (nSPS) is 20.3. The zero-order valence-electron chi connectivity index (χ0n) is 9.37. The van der Waals surface area contributed by atoms with Crippen molar-refractivity contribution in [1.82, 2.24) is 19.9 Å². The Morgan fingerprint density at radius 3 is 3.24 bits per heavy atom. The third-order valence-electron chi connectivity index (χ3n) is 3.14. The minimum absolute atomic E-state index is 0.372. The Kier molecular flexibility index (Phi) is 2.84. The van der Waals surface area contributed by atoms with Crippen LogP contribution in [0, 0.1) is 0 Å². The van der Waals surface area contributed by atoms with Crippen LogP contribution in [0.3, 0.4) is 0 Å². The molecule has 3 rings (SSSR count). The van der Waals surface area contributed by atoms with E-state index in [-0.39, 0.29) is 0 Å². The van der Waals surface area contributed by atoms with Crippen molar-refractivity contribution in [3.63, 3.8) is 0 Å². The number of nitrogens with one attached hydrogen (secondary N) is 1. The lowest BCUT2D eigenvalue weighted by atomic mass is 10.0. The molecule has 17 heavy (non-hydrogen) atoms. The lowest BCUT2D eigenvalue weighted by Gasteiger charge is -2.13. The minimum atomic E-state index is 0.372. The number of fused-ring (bicyclic) bond motifs is 2. The highest BCUT2D eigenvalue weighted by atomic mass is 79.9. The van der Waals surface area contributed by atoms with Gasteiger partial charge in [-0.15, -0.1) is 0 Å². The van der Waals surface area contributed by atoms with Crippen molar-refractivity contribution in [3.8, 4) is 0 Å². The van der Waals surface area contributed by atoms with Crippen LogP contribution in [-0.4, -0.2) is 27.7 Å². The summed E-state index contributed by atoms with van der Waals surface area (Å²) in [5.41, 5.74) is 3.00. The second kappa shape index (κ2) is 4.23. The van der Waals surface area contributed by atoms with Crippen LogP contribution in [0.4, 0.5) is 0 Å². The van der Waals surface area contributed by atoms with E-state index in [4.69, 9.17) is 16.6 Å². The first kappa shape index (κ1) is 11.4. The van der Waals surface area contributed by atoms with E-state index in [2.05, 4.69) is 33.3 Å². The summed E-state index contributed by atoms with van der Waals surface area (Å²) < 4.78 is 2.58. The van der Waals surface area contributed by atoms with Gasteiger partial charge in [0, 0.05) is 18.0 Å². The Morgan fingerprint density at radius 1 is 1.59 bits per heavy atom. The fourth-order valence-electron chi connectivity index (χ4n) is 2.25. The Labute approximate surface area is 112 Å². The minimum Gasteiger partial charge on any atom is -0.316 e. The Hall–Kier alpha value is -0.650. The summed E-state index contributed by atoms with van der Waals surface area (Å²) in [5, 5.41) is 8.32. The summed E-state index contributed by atoms with van der Waals surface area (Å²) in [7, 11) is 0. The van der Waals surface area contributed by atoms with Crippen LogP contribution in [0.1, 0.15) is 24.1 Å². The molecule has 1 atom stereocenters. The van der Waals surface area contributed by atoms with Crippen molar-refractivity contribution in [3.05, 3.63) is 27.1 Å². The van der Waals surface area contributed by atoms with Gasteiger partial charge in [-0.05, 0) is 28.9 Å². The first-order valence-electron chi connectivity index (χ1n) is 5.60. The van der Waals surface area contributed by atoms with E-state index in [0.717, 1.165) is 40.9 Å². The fraction of sp³-hybridized carbons (Fsp3) is 0.455. The van der Waals surface area contributed by atoms with E-state index in [1.807, 2.05) is 0 Å². The summed E-state index contributed by atoms with van der Waals surface area (Å²) >= 11 is 9.87. The average Bonchev–Trinajstić information content (AvgIpc) is 2.57. The molecular formula is C11H12BrClN4. The largest absolute Gasteiger partial charge is 0.316 e. The molecule has 0 aliphatic carbocycles. The molecule has 0 bridgehead atoms. The molecule has 4 nitrogen and oxygen atoms in total. The van der Waals surface area contributed by atoms with Gasteiger partial charge in [-0.3, -0.25) is 0 Å². The van der Waals surface area contributed by atoms with Crippen molar-refractivity contribution in [2.24, 2.45) is 0 Å². The van der Waals surface area contributed by atoms with Gasteiger partial charge in [-0.25, -0.2) is 9.50 Å². The summed E-state index contributed by atoms with van der Waals surface area (Å²) in [6.45, 7) is 4.05. The lowest BCUT2D eigenvalue weighted by molar-refractivity contribution is 0.636. The predicted molar refractivity (Wildman–Crippen MR) is 70.7 cm³/mol. The van der Waals surface area contributed by atoms with Gasteiger partial charge >= 0.3 is 0 Å². The number of nitrogens with zero attached hydrogens (tertiary/aromatic N) is 3. The van der Waals surface area contributed by atoms with E-state index in [1.54, 1.807) is 10.7 Å². The van der Waals surface area contributed by atoms with E-state index in [0.29, 0.717) is 11.1 Å². The van der Waals surface area contributed by atoms with Gasteiger partial charge < -0.3 is 5.32 Å². The summed E-state index contributed by atoms with van der Waals surface area (Å²) in [4.78, 5) is 4.71. The van der Waals surface area contributed by atoms with Crippen LogP contribution in [-0.2, 0) is 6.42 Å². The fourth-order valence-corrected chi connectivity index (χ4v) is 2.91. The lowest BCUT2D eigenvalue weighted by Crippen LogP contribution is -2.18. The average molecular weight is 316 g/mol. The molecule has 0 fully saturated rings. The smallest absolute Gasteiger partial charge is 0.171 e. The van der Waals surface area contributed by atoms with E-state index in [9.17, 15) is 0 Å². The van der Waals surface area contributed by atoms with Crippen molar-refractivity contribution >= 4 is 33.2 Å². The number of halogens is 2. The van der Waals surface area contributed by atoms with Crippen LogP contribution >= 0.6 is 27.5 Å². The van der Waals surface area contributed by atoms with Crippen molar-refractivity contribution in [2.75, 3.05) is 13.1 Å². The second-order valence-electron chi connectivity index (χ2n) is 4.35. The maximum absolute atomic E-state index is 6.42. The van der Waals surface area contributed by atoms with Crippen LogP contribution in [0.2, 0.25) is 5.15 Å². The molecule has 0 saturated heterocycles. The SMILES string of the molecule is CC1CNCCc2c1nc1c(Br)cnn1c2Cl. The molecular weight excluding hydrogens is 304 g/mol. The van der Waals surface area contributed by atoms with Crippen molar-refractivity contribution in [2.45, 2.75) is 19.3 Å². The monoisotopic (exact) mass is 314 g/mol. The molecule has 2 aromatic heterocycles. The highest BCUT2D eigenvalue weighted by Crippen LogP contribution is 2.29. The Morgan fingerprint density at radius 2 is 2.41 bits per heavy atom. The molecule has 1 unspecified atom stereocenters. The first-order valence-corrected chi connectivity index (χ1v) is 6.78. The Balaban J connectivity index is 2.33.